The van der Waals surface area contributed by atoms with Crippen molar-refractivity contribution in [3.63, 3.8) is 0 Å². The number of hydrogen-bond donors (Lipinski definition) is 1. The van der Waals surface area contributed by atoms with Crippen LogP contribution < -0.4 is 0 Å². The van der Waals surface area contributed by atoms with Gasteiger partial charge in [0.15, 0.2) is 0 Å². The topological polar surface area (TPSA) is 50.9 Å². The number of rotatable bonds is 5. The van der Waals surface area contributed by atoms with Crippen molar-refractivity contribution in [2.24, 2.45) is 0 Å². The highest BCUT2D eigenvalue weighted by atomic mass is 16.3. The Bertz CT molecular complexity index is 668. The molecule has 4 heteroatoms. The smallest absolute Gasteiger partial charge is 0.137 e. The van der Waals surface area contributed by atoms with E-state index in [-0.39, 0.29) is 0 Å². The maximum absolute atomic E-state index is 11.2. The summed E-state index contributed by atoms with van der Waals surface area (Å²) < 4.78 is 1.66. The predicted octanol–water partition coefficient (Wildman–Crippen LogP) is 2.41. The zero-order valence-electron chi connectivity index (χ0n) is 11.6. The molecule has 106 valence electrons. The quantitative estimate of drug-likeness (QED) is 0.780. The van der Waals surface area contributed by atoms with Gasteiger partial charge in [-0.15, -0.1) is 0 Å². The van der Waals surface area contributed by atoms with E-state index in [0.29, 0.717) is 13.0 Å². The SMILES string of the molecule is O[C@@](Cc1ccccc1)(Cn1cncn1)c1ccccc1. The van der Waals surface area contributed by atoms with Gasteiger partial charge in [0.05, 0.1) is 6.54 Å². The molecule has 0 saturated carbocycles. The van der Waals surface area contributed by atoms with Gasteiger partial charge in [-0.3, -0.25) is 0 Å². The summed E-state index contributed by atoms with van der Waals surface area (Å²) >= 11 is 0. The van der Waals surface area contributed by atoms with Gasteiger partial charge in [-0.25, -0.2) is 9.67 Å². The van der Waals surface area contributed by atoms with Gasteiger partial charge in [0.25, 0.3) is 0 Å². The predicted molar refractivity (Wildman–Crippen MR) is 80.5 cm³/mol. The Morgan fingerprint density at radius 2 is 1.62 bits per heavy atom. The zero-order valence-corrected chi connectivity index (χ0v) is 11.6. The highest BCUT2D eigenvalue weighted by Crippen LogP contribution is 2.27. The van der Waals surface area contributed by atoms with Crippen molar-refractivity contribution in [2.75, 3.05) is 0 Å². The molecule has 0 bridgehead atoms. The van der Waals surface area contributed by atoms with E-state index in [9.17, 15) is 5.11 Å². The minimum absolute atomic E-state index is 0.367. The summed E-state index contributed by atoms with van der Waals surface area (Å²) in [6.07, 6.45) is 3.63. The molecule has 3 rings (SSSR count). The van der Waals surface area contributed by atoms with Crippen LogP contribution in [0, 0.1) is 0 Å². The third-order valence-electron chi connectivity index (χ3n) is 3.54. The summed E-state index contributed by atoms with van der Waals surface area (Å²) in [5.41, 5.74) is 0.948. The molecule has 1 heterocycles. The molecule has 1 N–H and O–H groups in total. The van der Waals surface area contributed by atoms with Crippen LogP contribution in [0.25, 0.3) is 0 Å². The van der Waals surface area contributed by atoms with Crippen LogP contribution in [-0.4, -0.2) is 19.9 Å². The van der Waals surface area contributed by atoms with Crippen LogP contribution in [0.3, 0.4) is 0 Å². The van der Waals surface area contributed by atoms with E-state index in [1.54, 1.807) is 11.0 Å². The molecule has 0 fully saturated rings. The van der Waals surface area contributed by atoms with Crippen LogP contribution in [0.1, 0.15) is 11.1 Å². The fraction of sp³-hybridized carbons (Fsp3) is 0.176. The molecule has 4 nitrogen and oxygen atoms in total. The molecule has 0 unspecified atom stereocenters. The largest absolute Gasteiger partial charge is 0.383 e. The Morgan fingerprint density at radius 1 is 0.952 bits per heavy atom. The lowest BCUT2D eigenvalue weighted by molar-refractivity contribution is 0.0151. The minimum atomic E-state index is -1.02. The average molecular weight is 279 g/mol. The summed E-state index contributed by atoms with van der Waals surface area (Å²) in [4.78, 5) is 3.95. The first-order valence-corrected chi connectivity index (χ1v) is 6.90. The van der Waals surface area contributed by atoms with Crippen molar-refractivity contribution in [3.8, 4) is 0 Å². The van der Waals surface area contributed by atoms with Gasteiger partial charge in [0, 0.05) is 6.42 Å². The molecule has 2 aromatic carbocycles. The molecule has 0 radical (unpaired) electrons. The first-order valence-electron chi connectivity index (χ1n) is 6.90. The van der Waals surface area contributed by atoms with Crippen LogP contribution in [0.2, 0.25) is 0 Å². The second-order valence-electron chi connectivity index (χ2n) is 5.15. The number of hydrogen-bond acceptors (Lipinski definition) is 3. The normalized spacial score (nSPS) is 13.8. The van der Waals surface area contributed by atoms with Gasteiger partial charge < -0.3 is 5.11 Å². The molecule has 1 aromatic heterocycles. The highest BCUT2D eigenvalue weighted by molar-refractivity contribution is 5.26. The molecule has 0 saturated heterocycles. The lowest BCUT2D eigenvalue weighted by atomic mass is 9.87. The Morgan fingerprint density at radius 3 is 2.24 bits per heavy atom. The Hall–Kier alpha value is -2.46. The van der Waals surface area contributed by atoms with Crippen molar-refractivity contribution in [3.05, 3.63) is 84.4 Å². The molecule has 21 heavy (non-hydrogen) atoms. The van der Waals surface area contributed by atoms with E-state index in [2.05, 4.69) is 10.1 Å². The number of benzene rings is 2. The first kappa shape index (κ1) is 13.5. The van der Waals surface area contributed by atoms with Gasteiger partial charge in [0.1, 0.15) is 18.3 Å². The van der Waals surface area contributed by atoms with Gasteiger partial charge in [-0.05, 0) is 11.1 Å². The number of aliphatic hydroxyl groups is 1. The summed E-state index contributed by atoms with van der Waals surface area (Å²) in [5, 5.41) is 15.3. The number of nitrogens with zero attached hydrogens (tertiary/aromatic N) is 3. The third-order valence-corrected chi connectivity index (χ3v) is 3.54. The highest BCUT2D eigenvalue weighted by Gasteiger charge is 2.30. The maximum atomic E-state index is 11.2. The minimum Gasteiger partial charge on any atom is -0.383 e. The van der Waals surface area contributed by atoms with Crippen LogP contribution in [-0.2, 0) is 18.6 Å². The van der Waals surface area contributed by atoms with Gasteiger partial charge in [-0.2, -0.15) is 5.10 Å². The summed E-state index contributed by atoms with van der Waals surface area (Å²) in [7, 11) is 0. The van der Waals surface area contributed by atoms with Crippen LogP contribution in [0.5, 0.6) is 0 Å². The van der Waals surface area contributed by atoms with E-state index in [1.807, 2.05) is 60.7 Å². The molecule has 0 amide bonds. The second-order valence-corrected chi connectivity index (χ2v) is 5.15. The summed E-state index contributed by atoms with van der Waals surface area (Å²) in [6, 6.07) is 19.7. The molecule has 0 aliphatic carbocycles. The molecular weight excluding hydrogens is 262 g/mol. The lowest BCUT2D eigenvalue weighted by Crippen LogP contribution is -2.34. The average Bonchev–Trinajstić information content (AvgIpc) is 3.02. The lowest BCUT2D eigenvalue weighted by Gasteiger charge is -2.28. The van der Waals surface area contributed by atoms with Crippen molar-refractivity contribution in [2.45, 2.75) is 18.6 Å². The molecule has 1 atom stereocenters. The van der Waals surface area contributed by atoms with Gasteiger partial charge >= 0.3 is 0 Å². The standard InChI is InChI=1S/C17H17N3O/c21-17(12-20-14-18-13-19-20,16-9-5-2-6-10-16)11-15-7-3-1-4-8-15/h1-10,13-14,21H,11-12H2/t17-/m0/s1. The van der Waals surface area contributed by atoms with E-state index in [4.69, 9.17) is 0 Å². The molecule has 0 aliphatic rings. The fourth-order valence-corrected chi connectivity index (χ4v) is 2.51. The third kappa shape index (κ3) is 3.17. The maximum Gasteiger partial charge on any atom is 0.137 e. The fourth-order valence-electron chi connectivity index (χ4n) is 2.51. The van der Waals surface area contributed by atoms with E-state index >= 15 is 0 Å². The van der Waals surface area contributed by atoms with Crippen molar-refractivity contribution >= 4 is 0 Å². The Balaban J connectivity index is 1.94. The molecule has 3 aromatic rings. The van der Waals surface area contributed by atoms with Crippen molar-refractivity contribution in [1.29, 1.82) is 0 Å². The Kier molecular flexibility index (Phi) is 3.79. The van der Waals surface area contributed by atoms with Gasteiger partial charge in [0.2, 0.25) is 0 Å². The Labute approximate surface area is 123 Å². The molecule has 0 spiro atoms. The zero-order chi connectivity index (χ0) is 14.5. The van der Waals surface area contributed by atoms with Crippen molar-refractivity contribution < 1.29 is 5.11 Å². The monoisotopic (exact) mass is 279 g/mol. The molecular formula is C17H17N3O. The van der Waals surface area contributed by atoms with Gasteiger partial charge in [-0.1, -0.05) is 60.7 Å². The van der Waals surface area contributed by atoms with Crippen LogP contribution in [0.4, 0.5) is 0 Å². The van der Waals surface area contributed by atoms with E-state index in [0.717, 1.165) is 11.1 Å². The molecule has 0 aliphatic heterocycles. The second kappa shape index (κ2) is 5.89. The summed E-state index contributed by atoms with van der Waals surface area (Å²) in [6.45, 7) is 0.367. The number of aromatic nitrogens is 3. The van der Waals surface area contributed by atoms with Crippen molar-refractivity contribution in [1.82, 2.24) is 14.8 Å². The summed E-state index contributed by atoms with van der Waals surface area (Å²) in [5.74, 6) is 0. The van der Waals surface area contributed by atoms with E-state index < -0.39 is 5.60 Å². The van der Waals surface area contributed by atoms with Crippen LogP contribution >= 0.6 is 0 Å². The first-order chi connectivity index (χ1) is 10.3. The van der Waals surface area contributed by atoms with Crippen LogP contribution in [0.15, 0.2) is 73.3 Å². The van der Waals surface area contributed by atoms with E-state index in [1.165, 1.54) is 6.33 Å².